The topological polar surface area (TPSA) is 91.3 Å². The Balaban J connectivity index is 1.22. The van der Waals surface area contributed by atoms with Gasteiger partial charge in [-0.2, -0.15) is 0 Å². The van der Waals surface area contributed by atoms with Gasteiger partial charge in [0.25, 0.3) is 0 Å². The first-order chi connectivity index (χ1) is 13.3. The van der Waals surface area contributed by atoms with Crippen molar-refractivity contribution in [2.45, 2.75) is 0 Å². The van der Waals surface area contributed by atoms with Gasteiger partial charge in [-0.25, -0.2) is 0 Å². The number of guanidine groups is 2. The quantitative estimate of drug-likeness (QED) is 0.583. The molecule has 0 aliphatic carbocycles. The zero-order chi connectivity index (χ0) is 18.3. The summed E-state index contributed by atoms with van der Waals surface area (Å²) in [6, 6.07) is 15.3. The lowest BCUT2D eigenvalue weighted by molar-refractivity contribution is 0.120. The Morgan fingerprint density at radius 3 is 1.52 bits per heavy atom. The highest BCUT2D eigenvalue weighted by Gasteiger charge is 2.06. The van der Waals surface area contributed by atoms with Crippen molar-refractivity contribution < 1.29 is 9.47 Å². The second kappa shape index (κ2) is 8.31. The number of hydrogen-bond acceptors (Lipinski definition) is 8. The summed E-state index contributed by atoms with van der Waals surface area (Å²) in [4.78, 5) is 8.60. The van der Waals surface area contributed by atoms with E-state index in [-0.39, 0.29) is 6.79 Å². The van der Waals surface area contributed by atoms with Crippen LogP contribution in [0.5, 0.6) is 11.5 Å². The lowest BCUT2D eigenvalue weighted by Gasteiger charge is -2.11. The fourth-order valence-corrected chi connectivity index (χ4v) is 2.67. The van der Waals surface area contributed by atoms with Gasteiger partial charge in [0.05, 0.1) is 13.1 Å². The molecule has 8 nitrogen and oxygen atoms in total. The van der Waals surface area contributed by atoms with Crippen molar-refractivity contribution in [1.82, 2.24) is 10.6 Å². The molecule has 0 amide bonds. The lowest BCUT2D eigenvalue weighted by atomic mass is 10.3. The summed E-state index contributed by atoms with van der Waals surface area (Å²) in [5.74, 6) is 3.09. The molecule has 0 fully saturated rings. The van der Waals surface area contributed by atoms with Crippen molar-refractivity contribution in [3.8, 4) is 11.5 Å². The van der Waals surface area contributed by atoms with E-state index in [2.05, 4.69) is 31.3 Å². The molecule has 4 N–H and O–H groups in total. The van der Waals surface area contributed by atoms with Crippen molar-refractivity contribution in [1.29, 1.82) is 0 Å². The van der Waals surface area contributed by atoms with Gasteiger partial charge in [0, 0.05) is 24.5 Å². The average Bonchev–Trinajstić information content (AvgIpc) is 3.39. The van der Waals surface area contributed by atoms with Crippen LogP contribution in [0.3, 0.4) is 0 Å². The van der Waals surface area contributed by atoms with Crippen LogP contribution in [0.1, 0.15) is 0 Å². The Morgan fingerprint density at radius 2 is 1.15 bits per heavy atom. The van der Waals surface area contributed by atoms with E-state index >= 15 is 0 Å². The van der Waals surface area contributed by atoms with Gasteiger partial charge in [-0.1, -0.05) is 0 Å². The molecule has 140 valence electrons. The second-order valence-electron chi connectivity index (χ2n) is 6.02. The lowest BCUT2D eigenvalue weighted by Crippen LogP contribution is -2.26. The molecule has 0 saturated heterocycles. The van der Waals surface area contributed by atoms with E-state index in [1.807, 2.05) is 48.5 Å². The number of anilines is 2. The van der Waals surface area contributed by atoms with Crippen LogP contribution >= 0.6 is 0 Å². The van der Waals surface area contributed by atoms with Crippen molar-refractivity contribution in [3.05, 3.63) is 48.5 Å². The van der Waals surface area contributed by atoms with Crippen molar-refractivity contribution in [2.24, 2.45) is 9.98 Å². The maximum Gasteiger partial charge on any atom is 0.230 e. The second-order valence-corrected chi connectivity index (χ2v) is 6.02. The maximum atomic E-state index is 5.63. The van der Waals surface area contributed by atoms with E-state index < -0.39 is 0 Å². The smallest absolute Gasteiger partial charge is 0.230 e. The largest absolute Gasteiger partial charge is 0.458 e. The summed E-state index contributed by atoms with van der Waals surface area (Å²) in [6.45, 7) is 3.52. The zero-order valence-corrected chi connectivity index (χ0v) is 14.9. The Hall–Kier alpha value is -3.42. The molecule has 2 aromatic carbocycles. The molecule has 4 rings (SSSR count). The van der Waals surface area contributed by atoms with Crippen LogP contribution in [0.4, 0.5) is 11.4 Å². The summed E-state index contributed by atoms with van der Waals surface area (Å²) >= 11 is 0. The van der Waals surface area contributed by atoms with E-state index in [9.17, 15) is 0 Å². The highest BCUT2D eigenvalue weighted by molar-refractivity contribution is 5.95. The Kier molecular flexibility index (Phi) is 5.24. The molecule has 27 heavy (non-hydrogen) atoms. The van der Waals surface area contributed by atoms with Gasteiger partial charge in [-0.05, 0) is 48.5 Å². The van der Waals surface area contributed by atoms with Crippen LogP contribution in [0.25, 0.3) is 0 Å². The van der Waals surface area contributed by atoms with E-state index in [1.165, 1.54) is 0 Å². The standard InChI is InChI=1S/C19H22N6O2/c1-5-16(6-2-14(1)24-18-20-9-10-21-18)26-13-27-17-7-3-15(4-8-17)25-19-22-11-12-23-19/h1-8H,9-13H2,(H2,20,21,24)(H2,22,23,25). The molecule has 0 aromatic heterocycles. The molecular weight excluding hydrogens is 344 g/mol. The van der Waals surface area contributed by atoms with Gasteiger partial charge in [-0.3, -0.25) is 9.98 Å². The minimum absolute atomic E-state index is 0.141. The summed E-state index contributed by atoms with van der Waals surface area (Å²) in [5.41, 5.74) is 1.92. The molecule has 0 bridgehead atoms. The maximum absolute atomic E-state index is 5.63. The van der Waals surface area contributed by atoms with Gasteiger partial charge in [0.15, 0.2) is 11.9 Å². The summed E-state index contributed by atoms with van der Waals surface area (Å²) in [6.07, 6.45) is 0. The number of ether oxygens (including phenoxy) is 2. The van der Waals surface area contributed by atoms with Crippen molar-refractivity contribution in [3.63, 3.8) is 0 Å². The van der Waals surface area contributed by atoms with Crippen LogP contribution in [-0.4, -0.2) is 44.9 Å². The van der Waals surface area contributed by atoms with Crippen LogP contribution < -0.4 is 30.7 Å². The van der Waals surface area contributed by atoms with Crippen molar-refractivity contribution >= 4 is 23.3 Å². The Bertz CT molecular complexity index is 748. The predicted molar refractivity (Wildman–Crippen MR) is 107 cm³/mol. The van der Waals surface area contributed by atoms with Crippen LogP contribution in [0, 0.1) is 0 Å². The first kappa shape index (κ1) is 17.0. The van der Waals surface area contributed by atoms with Crippen LogP contribution in [-0.2, 0) is 0 Å². The third kappa shape index (κ3) is 4.81. The molecule has 8 heteroatoms. The number of nitrogens with zero attached hydrogens (tertiary/aromatic N) is 2. The predicted octanol–water partition coefficient (Wildman–Crippen LogP) is 1.84. The molecule has 0 unspecified atom stereocenters. The van der Waals surface area contributed by atoms with Gasteiger partial charge in [-0.15, -0.1) is 0 Å². The minimum Gasteiger partial charge on any atom is -0.458 e. The molecule has 0 radical (unpaired) electrons. The highest BCUT2D eigenvalue weighted by Crippen LogP contribution is 2.18. The van der Waals surface area contributed by atoms with E-state index in [0.29, 0.717) is 0 Å². The molecule has 0 atom stereocenters. The molecule has 2 heterocycles. The van der Waals surface area contributed by atoms with Crippen LogP contribution in [0.15, 0.2) is 58.5 Å². The highest BCUT2D eigenvalue weighted by atomic mass is 16.7. The van der Waals surface area contributed by atoms with Crippen molar-refractivity contribution in [2.75, 3.05) is 43.6 Å². The fraction of sp³-hybridized carbons (Fsp3) is 0.263. The number of benzene rings is 2. The SMILES string of the molecule is c1cc(OCOc2ccc(NC3=NCCN3)cc2)ccc1NC1=NCCN1. The molecule has 2 aliphatic heterocycles. The normalized spacial score (nSPS) is 15.3. The summed E-state index contributed by atoms with van der Waals surface area (Å²) in [5, 5.41) is 12.8. The number of rotatable bonds is 6. The monoisotopic (exact) mass is 366 g/mol. The minimum atomic E-state index is 0.141. The van der Waals surface area contributed by atoms with E-state index in [0.717, 1.165) is 61.0 Å². The van der Waals surface area contributed by atoms with Crippen LogP contribution in [0.2, 0.25) is 0 Å². The average molecular weight is 366 g/mol. The fourth-order valence-electron chi connectivity index (χ4n) is 2.67. The number of nitrogens with one attached hydrogen (secondary N) is 4. The van der Waals surface area contributed by atoms with Gasteiger partial charge < -0.3 is 30.7 Å². The number of hydrogen-bond donors (Lipinski definition) is 4. The molecule has 0 spiro atoms. The molecule has 2 aromatic rings. The first-order valence-corrected chi connectivity index (χ1v) is 8.92. The third-order valence-corrected chi connectivity index (χ3v) is 4.03. The third-order valence-electron chi connectivity index (χ3n) is 4.03. The number of aliphatic imine (C=N–C) groups is 2. The Morgan fingerprint density at radius 1 is 0.704 bits per heavy atom. The van der Waals surface area contributed by atoms with Gasteiger partial charge >= 0.3 is 0 Å². The molecule has 2 aliphatic rings. The van der Waals surface area contributed by atoms with E-state index in [1.54, 1.807) is 0 Å². The molecular formula is C19H22N6O2. The first-order valence-electron chi connectivity index (χ1n) is 8.92. The Labute approximate surface area is 157 Å². The van der Waals surface area contributed by atoms with Gasteiger partial charge in [0.2, 0.25) is 6.79 Å². The molecule has 0 saturated carbocycles. The zero-order valence-electron chi connectivity index (χ0n) is 14.9. The summed E-state index contributed by atoms with van der Waals surface area (Å²) < 4.78 is 11.3. The summed E-state index contributed by atoms with van der Waals surface area (Å²) in [7, 11) is 0. The van der Waals surface area contributed by atoms with Gasteiger partial charge in [0.1, 0.15) is 11.5 Å². The van der Waals surface area contributed by atoms with E-state index in [4.69, 9.17) is 9.47 Å².